The summed E-state index contributed by atoms with van der Waals surface area (Å²) in [5, 5.41) is 9.94. The van der Waals surface area contributed by atoms with Crippen LogP contribution in [-0.2, 0) is 9.53 Å². The summed E-state index contributed by atoms with van der Waals surface area (Å²) in [7, 11) is 1.95. The molecule has 1 aliphatic carbocycles. The Hall–Kier alpha value is -0.450. The second-order valence-electron chi connectivity index (χ2n) is 5.36. The van der Waals surface area contributed by atoms with Crippen molar-refractivity contribution in [2.24, 2.45) is 5.92 Å². The van der Waals surface area contributed by atoms with Crippen LogP contribution in [0.15, 0.2) is 0 Å². The van der Waals surface area contributed by atoms with E-state index in [4.69, 9.17) is 4.74 Å². The predicted octanol–water partition coefficient (Wildman–Crippen LogP) is 0.827. The molecule has 4 nitrogen and oxygen atoms in total. The van der Waals surface area contributed by atoms with Gasteiger partial charge >= 0.3 is 0 Å². The smallest absolute Gasteiger partial charge is 0.152 e. The van der Waals surface area contributed by atoms with Crippen LogP contribution in [0.4, 0.5) is 0 Å². The molecular weight excluding hydrogens is 218 g/mol. The molecule has 17 heavy (non-hydrogen) atoms. The number of nitrogens with zero attached hydrogens (tertiary/aromatic N) is 1. The average Bonchev–Trinajstić information content (AvgIpc) is 2.82. The van der Waals surface area contributed by atoms with Crippen LogP contribution in [0.5, 0.6) is 0 Å². The Morgan fingerprint density at radius 1 is 1.35 bits per heavy atom. The summed E-state index contributed by atoms with van der Waals surface area (Å²) in [6.07, 6.45) is 4.74. The number of carbonyl (C=O) groups excluding carboxylic acids is 1. The molecule has 1 N–H and O–H groups in total. The van der Waals surface area contributed by atoms with E-state index in [0.717, 1.165) is 32.1 Å². The topological polar surface area (TPSA) is 49.8 Å². The number of likely N-dealkylation sites (N-methyl/N-ethyl adjacent to an activating group) is 1. The fraction of sp³-hybridized carbons (Fsp3) is 0.923. The fourth-order valence-electron chi connectivity index (χ4n) is 2.89. The first-order valence-corrected chi connectivity index (χ1v) is 6.67. The molecule has 98 valence electrons. The summed E-state index contributed by atoms with van der Waals surface area (Å²) < 4.78 is 5.24. The van der Waals surface area contributed by atoms with Crippen LogP contribution in [0.3, 0.4) is 0 Å². The number of Topliss-reactive ketones (excluding diaryl/α,β-unsaturated/α-hetero) is 1. The Labute approximate surface area is 103 Å². The van der Waals surface area contributed by atoms with E-state index in [1.165, 1.54) is 0 Å². The highest BCUT2D eigenvalue weighted by molar-refractivity contribution is 5.83. The van der Waals surface area contributed by atoms with Crippen molar-refractivity contribution >= 4 is 5.78 Å². The molecule has 0 amide bonds. The zero-order valence-electron chi connectivity index (χ0n) is 10.6. The molecule has 0 aromatic heterocycles. The van der Waals surface area contributed by atoms with Gasteiger partial charge in [0.2, 0.25) is 0 Å². The number of aliphatic hydroxyl groups excluding tert-OH is 1. The second kappa shape index (κ2) is 5.94. The quantitative estimate of drug-likeness (QED) is 0.792. The second-order valence-corrected chi connectivity index (χ2v) is 5.36. The fourth-order valence-corrected chi connectivity index (χ4v) is 2.89. The molecule has 4 heteroatoms. The molecule has 0 aromatic rings. The Balaban J connectivity index is 1.82. The molecule has 2 fully saturated rings. The largest absolute Gasteiger partial charge is 0.391 e. The lowest BCUT2D eigenvalue weighted by molar-refractivity contribution is -0.125. The molecule has 1 heterocycles. The number of rotatable bonds is 4. The minimum atomic E-state index is -0.263. The molecule has 0 radical (unpaired) electrons. The first-order chi connectivity index (χ1) is 8.18. The van der Waals surface area contributed by atoms with E-state index in [9.17, 15) is 9.90 Å². The van der Waals surface area contributed by atoms with Crippen molar-refractivity contribution in [2.45, 2.75) is 44.2 Å². The van der Waals surface area contributed by atoms with Crippen molar-refractivity contribution in [3.05, 3.63) is 0 Å². The van der Waals surface area contributed by atoms with Gasteiger partial charge in [-0.3, -0.25) is 9.69 Å². The molecule has 1 aliphatic heterocycles. The molecule has 1 saturated heterocycles. The number of hydrogen-bond acceptors (Lipinski definition) is 4. The van der Waals surface area contributed by atoms with Crippen molar-refractivity contribution in [1.82, 2.24) is 4.90 Å². The van der Waals surface area contributed by atoms with Crippen molar-refractivity contribution < 1.29 is 14.6 Å². The molecule has 1 saturated carbocycles. The van der Waals surface area contributed by atoms with Gasteiger partial charge in [-0.15, -0.1) is 0 Å². The van der Waals surface area contributed by atoms with Crippen LogP contribution in [0, 0.1) is 5.92 Å². The maximum absolute atomic E-state index is 12.0. The number of carbonyl (C=O) groups is 1. The van der Waals surface area contributed by atoms with Crippen molar-refractivity contribution in [3.63, 3.8) is 0 Å². The lowest BCUT2D eigenvalue weighted by Gasteiger charge is -2.35. The van der Waals surface area contributed by atoms with Crippen molar-refractivity contribution in [1.29, 1.82) is 0 Å². The predicted molar refractivity (Wildman–Crippen MR) is 64.8 cm³/mol. The van der Waals surface area contributed by atoms with Gasteiger partial charge < -0.3 is 9.84 Å². The lowest BCUT2D eigenvalue weighted by atomic mass is 9.91. The SMILES string of the molecule is CN(CC(=O)C1CCOC1)C1CCCCC1O. The highest BCUT2D eigenvalue weighted by Crippen LogP contribution is 2.23. The van der Waals surface area contributed by atoms with E-state index in [1.54, 1.807) is 0 Å². The number of hydrogen-bond donors (Lipinski definition) is 1. The zero-order chi connectivity index (χ0) is 12.3. The Bertz CT molecular complexity index is 263. The van der Waals surface area contributed by atoms with Crippen LogP contribution in [0.2, 0.25) is 0 Å². The molecule has 3 unspecified atom stereocenters. The minimum Gasteiger partial charge on any atom is -0.391 e. The maximum atomic E-state index is 12.0. The zero-order valence-corrected chi connectivity index (χ0v) is 10.6. The van der Waals surface area contributed by atoms with Gasteiger partial charge in [-0.25, -0.2) is 0 Å². The van der Waals surface area contributed by atoms with Crippen LogP contribution >= 0.6 is 0 Å². The normalized spacial score (nSPS) is 34.2. The molecule has 0 spiro atoms. The highest BCUT2D eigenvalue weighted by atomic mass is 16.5. The Morgan fingerprint density at radius 2 is 2.12 bits per heavy atom. The third-order valence-electron chi connectivity index (χ3n) is 4.05. The number of ketones is 1. The summed E-state index contributed by atoms with van der Waals surface area (Å²) >= 11 is 0. The van der Waals surface area contributed by atoms with E-state index in [2.05, 4.69) is 0 Å². The Kier molecular flexibility index (Phi) is 4.54. The summed E-state index contributed by atoms with van der Waals surface area (Å²) in [5.74, 6) is 0.348. The lowest BCUT2D eigenvalue weighted by Crippen LogP contribution is -2.46. The maximum Gasteiger partial charge on any atom is 0.152 e. The van der Waals surface area contributed by atoms with E-state index < -0.39 is 0 Å². The molecule has 3 atom stereocenters. The van der Waals surface area contributed by atoms with Gasteiger partial charge in [0.1, 0.15) is 0 Å². The number of aliphatic hydroxyl groups is 1. The van der Waals surface area contributed by atoms with Gasteiger partial charge in [0.15, 0.2) is 5.78 Å². The minimum absolute atomic E-state index is 0.0817. The number of ether oxygens (including phenoxy) is 1. The van der Waals surface area contributed by atoms with E-state index in [1.807, 2.05) is 11.9 Å². The summed E-state index contributed by atoms with van der Waals surface area (Å²) in [4.78, 5) is 14.0. The highest BCUT2D eigenvalue weighted by Gasteiger charge is 2.30. The van der Waals surface area contributed by atoms with Gasteiger partial charge in [0, 0.05) is 18.6 Å². The first kappa shape index (κ1) is 13.0. The van der Waals surface area contributed by atoms with E-state index in [-0.39, 0.29) is 23.8 Å². The summed E-state index contributed by atoms with van der Waals surface area (Å²) in [6.45, 7) is 1.75. The molecule has 0 bridgehead atoms. The van der Waals surface area contributed by atoms with Crippen LogP contribution in [0.1, 0.15) is 32.1 Å². The van der Waals surface area contributed by atoms with E-state index in [0.29, 0.717) is 19.8 Å². The van der Waals surface area contributed by atoms with Gasteiger partial charge in [0.05, 0.1) is 19.3 Å². The van der Waals surface area contributed by atoms with Crippen LogP contribution in [0.25, 0.3) is 0 Å². The summed E-state index contributed by atoms with van der Waals surface area (Å²) in [5.41, 5.74) is 0. The molecule has 2 aliphatic rings. The van der Waals surface area contributed by atoms with Crippen LogP contribution < -0.4 is 0 Å². The molecule has 2 rings (SSSR count). The van der Waals surface area contributed by atoms with Crippen molar-refractivity contribution in [3.8, 4) is 0 Å². The van der Waals surface area contributed by atoms with E-state index >= 15 is 0 Å². The third kappa shape index (κ3) is 3.27. The van der Waals surface area contributed by atoms with Gasteiger partial charge in [-0.05, 0) is 26.3 Å². The Morgan fingerprint density at radius 3 is 2.76 bits per heavy atom. The monoisotopic (exact) mass is 241 g/mol. The first-order valence-electron chi connectivity index (χ1n) is 6.67. The van der Waals surface area contributed by atoms with Crippen LogP contribution in [-0.4, -0.2) is 54.7 Å². The summed E-state index contributed by atoms with van der Waals surface area (Å²) in [6, 6.07) is 0.162. The third-order valence-corrected chi connectivity index (χ3v) is 4.05. The van der Waals surface area contributed by atoms with Crippen molar-refractivity contribution in [2.75, 3.05) is 26.8 Å². The standard InChI is InChI=1S/C13H23NO3/c1-14(11-4-2-3-5-12(11)15)8-13(16)10-6-7-17-9-10/h10-12,15H,2-9H2,1H3. The van der Waals surface area contributed by atoms with Gasteiger partial charge in [-0.2, -0.15) is 0 Å². The van der Waals surface area contributed by atoms with Gasteiger partial charge in [-0.1, -0.05) is 12.8 Å². The average molecular weight is 241 g/mol. The van der Waals surface area contributed by atoms with Gasteiger partial charge in [0.25, 0.3) is 0 Å². The molecular formula is C13H23NO3. The molecule has 0 aromatic carbocycles.